The van der Waals surface area contributed by atoms with Crippen LogP contribution < -0.4 is 4.74 Å². The predicted molar refractivity (Wildman–Crippen MR) is 53.0 cm³/mol. The summed E-state index contributed by atoms with van der Waals surface area (Å²) in [5.74, 6) is 0.853. The fourth-order valence-corrected chi connectivity index (χ4v) is 1.93. The molecule has 0 fully saturated rings. The zero-order valence-corrected chi connectivity index (χ0v) is 8.52. The van der Waals surface area contributed by atoms with E-state index in [1.54, 1.807) is 7.11 Å². The Bertz CT molecular complexity index is 217. The first-order valence-electron chi connectivity index (χ1n) is 2.77. The van der Waals surface area contributed by atoms with Gasteiger partial charge in [0.2, 0.25) is 0 Å². The molecule has 1 nitrogen and oxygen atoms in total. The lowest BCUT2D eigenvalue weighted by atomic mass is 10.3. The molecule has 0 aliphatic carbocycles. The maximum absolute atomic E-state index is 5.09. The van der Waals surface area contributed by atoms with Crippen LogP contribution in [0.5, 0.6) is 5.75 Å². The minimum Gasteiger partial charge on any atom is -0.494 e. The monoisotopic (exact) mass is 266 g/mol. The van der Waals surface area contributed by atoms with Crippen molar-refractivity contribution in [3.63, 3.8) is 0 Å². The second-order valence-corrected chi connectivity index (χ2v) is 3.44. The van der Waals surface area contributed by atoms with E-state index < -0.39 is 0 Å². The lowest BCUT2D eigenvalue weighted by molar-refractivity contribution is 0.402. The van der Waals surface area contributed by atoms with Crippen molar-refractivity contribution in [2.24, 2.45) is 0 Å². The molecule has 0 aliphatic rings. The third-order valence-electron chi connectivity index (χ3n) is 1.15. The minimum atomic E-state index is 0.853. The molecule has 0 heterocycles. The summed E-state index contributed by atoms with van der Waals surface area (Å²) in [5, 5.41) is 0. The number of rotatable bonds is 1. The van der Waals surface area contributed by atoms with Crippen LogP contribution in [0.3, 0.4) is 0 Å². The van der Waals surface area contributed by atoms with Crippen molar-refractivity contribution in [1.82, 2.24) is 0 Å². The Hall–Kier alpha value is 0.100. The van der Waals surface area contributed by atoms with Crippen LogP contribution in [0.2, 0.25) is 0 Å². The fourth-order valence-electron chi connectivity index (χ4n) is 0.700. The van der Waals surface area contributed by atoms with Gasteiger partial charge >= 0.3 is 0 Å². The van der Waals surface area contributed by atoms with Gasteiger partial charge in [0.25, 0.3) is 0 Å². The van der Waals surface area contributed by atoms with Crippen molar-refractivity contribution in [2.75, 3.05) is 7.11 Å². The van der Waals surface area contributed by atoms with Gasteiger partial charge < -0.3 is 4.74 Å². The summed E-state index contributed by atoms with van der Waals surface area (Å²) in [6.07, 6.45) is 0. The highest BCUT2D eigenvalue weighted by Crippen LogP contribution is 2.27. The summed E-state index contributed by atoms with van der Waals surface area (Å²) in [6, 6.07) is 5.84. The van der Waals surface area contributed by atoms with E-state index in [0.29, 0.717) is 0 Å². The van der Waals surface area contributed by atoms with Crippen LogP contribution in [-0.4, -0.2) is 7.11 Å². The molecule has 1 rings (SSSR count). The first-order chi connectivity index (χ1) is 4.75. The average Bonchev–Trinajstić information content (AvgIpc) is 1.88. The summed E-state index contributed by atoms with van der Waals surface area (Å²) in [7, 11) is 1.65. The number of ether oxygens (including phenoxy) is 1. The predicted octanol–water partition coefficient (Wildman–Crippen LogP) is 2.59. The molecule has 10 heavy (non-hydrogen) atoms. The summed E-state index contributed by atoms with van der Waals surface area (Å²) in [5.41, 5.74) is 0. The van der Waals surface area contributed by atoms with Gasteiger partial charge in [-0.25, -0.2) is 0 Å². The van der Waals surface area contributed by atoms with Crippen molar-refractivity contribution < 1.29 is 4.74 Å². The fraction of sp³-hybridized carbons (Fsp3) is 0.143. The molecule has 0 aliphatic heterocycles. The Morgan fingerprint density at radius 1 is 1.50 bits per heavy atom. The molecule has 54 valence electrons. The molecular weight excluding hydrogens is 259 g/mol. The largest absolute Gasteiger partial charge is 0.494 e. The van der Waals surface area contributed by atoms with Crippen molar-refractivity contribution in [3.8, 4) is 5.75 Å². The van der Waals surface area contributed by atoms with E-state index in [-0.39, 0.29) is 0 Å². The molecular formula is C7H7IOS. The topological polar surface area (TPSA) is 9.23 Å². The molecule has 0 unspecified atom stereocenters. The van der Waals surface area contributed by atoms with Crippen LogP contribution in [-0.2, 0) is 0 Å². The second-order valence-electron chi connectivity index (χ2n) is 1.79. The number of halogens is 1. The lowest BCUT2D eigenvalue weighted by Crippen LogP contribution is -1.86. The van der Waals surface area contributed by atoms with Crippen LogP contribution in [0.15, 0.2) is 23.1 Å². The SMILES string of the molecule is COc1c(S)cccc1I. The summed E-state index contributed by atoms with van der Waals surface area (Å²) in [6.45, 7) is 0. The zero-order valence-electron chi connectivity index (χ0n) is 5.47. The highest BCUT2D eigenvalue weighted by molar-refractivity contribution is 14.1. The van der Waals surface area contributed by atoms with Gasteiger partial charge in [-0.2, -0.15) is 0 Å². The van der Waals surface area contributed by atoms with Crippen molar-refractivity contribution >= 4 is 35.2 Å². The molecule has 0 atom stereocenters. The van der Waals surface area contributed by atoms with Crippen LogP contribution in [0.4, 0.5) is 0 Å². The third-order valence-corrected chi connectivity index (χ3v) is 2.35. The lowest BCUT2D eigenvalue weighted by Gasteiger charge is -2.04. The normalized spacial score (nSPS) is 9.50. The molecule has 0 saturated heterocycles. The molecule has 0 N–H and O–H groups in total. The molecule has 0 amide bonds. The van der Waals surface area contributed by atoms with E-state index in [0.717, 1.165) is 14.2 Å². The minimum absolute atomic E-state index is 0.853. The summed E-state index contributed by atoms with van der Waals surface area (Å²) in [4.78, 5) is 0.884. The number of benzene rings is 1. The van der Waals surface area contributed by atoms with Crippen LogP contribution in [0.1, 0.15) is 0 Å². The van der Waals surface area contributed by atoms with Gasteiger partial charge in [-0.1, -0.05) is 6.07 Å². The van der Waals surface area contributed by atoms with E-state index in [1.807, 2.05) is 18.2 Å². The molecule has 0 aromatic heterocycles. The van der Waals surface area contributed by atoms with E-state index in [9.17, 15) is 0 Å². The summed E-state index contributed by atoms with van der Waals surface area (Å²) >= 11 is 6.43. The number of thiol groups is 1. The Labute approximate surface area is 79.3 Å². The molecule has 1 aromatic carbocycles. The Balaban J connectivity index is 3.17. The van der Waals surface area contributed by atoms with Gasteiger partial charge in [-0.15, -0.1) is 12.6 Å². The van der Waals surface area contributed by atoms with Crippen LogP contribution >= 0.6 is 35.2 Å². The number of methoxy groups -OCH3 is 1. The van der Waals surface area contributed by atoms with E-state index >= 15 is 0 Å². The average molecular weight is 266 g/mol. The van der Waals surface area contributed by atoms with Crippen molar-refractivity contribution in [3.05, 3.63) is 21.8 Å². The standard InChI is InChI=1S/C7H7IOS/c1-9-7-5(8)3-2-4-6(7)10/h2-4,10H,1H3. The van der Waals surface area contributed by atoms with Crippen molar-refractivity contribution in [1.29, 1.82) is 0 Å². The first-order valence-corrected chi connectivity index (χ1v) is 4.29. The molecule has 0 spiro atoms. The number of hydrogen-bond donors (Lipinski definition) is 1. The maximum Gasteiger partial charge on any atom is 0.145 e. The number of para-hydroxylation sites is 1. The zero-order chi connectivity index (χ0) is 7.56. The van der Waals surface area contributed by atoms with Gasteiger partial charge in [0.15, 0.2) is 0 Å². The van der Waals surface area contributed by atoms with Gasteiger partial charge in [0.05, 0.1) is 10.7 Å². The van der Waals surface area contributed by atoms with E-state index in [2.05, 4.69) is 35.2 Å². The molecule has 1 aromatic rings. The molecule has 0 bridgehead atoms. The first kappa shape index (κ1) is 8.20. The Morgan fingerprint density at radius 3 is 2.60 bits per heavy atom. The van der Waals surface area contributed by atoms with Gasteiger partial charge in [-0.3, -0.25) is 0 Å². The third kappa shape index (κ3) is 1.58. The Kier molecular flexibility index (Phi) is 2.85. The second kappa shape index (κ2) is 3.48. The number of hydrogen-bond acceptors (Lipinski definition) is 2. The summed E-state index contributed by atoms with van der Waals surface area (Å²) < 4.78 is 6.18. The Morgan fingerprint density at radius 2 is 2.20 bits per heavy atom. The highest BCUT2D eigenvalue weighted by Gasteiger charge is 2.00. The van der Waals surface area contributed by atoms with Gasteiger partial charge in [0, 0.05) is 4.90 Å². The quantitative estimate of drug-likeness (QED) is 0.607. The van der Waals surface area contributed by atoms with E-state index in [1.165, 1.54) is 0 Å². The van der Waals surface area contributed by atoms with Gasteiger partial charge in [0.1, 0.15) is 5.75 Å². The van der Waals surface area contributed by atoms with Gasteiger partial charge in [-0.05, 0) is 34.7 Å². The van der Waals surface area contributed by atoms with Crippen LogP contribution in [0, 0.1) is 3.57 Å². The maximum atomic E-state index is 5.09. The van der Waals surface area contributed by atoms with Crippen LogP contribution in [0.25, 0.3) is 0 Å². The highest BCUT2D eigenvalue weighted by atomic mass is 127. The molecule has 0 saturated carbocycles. The van der Waals surface area contributed by atoms with Crippen molar-refractivity contribution in [2.45, 2.75) is 4.90 Å². The smallest absolute Gasteiger partial charge is 0.145 e. The molecule has 0 radical (unpaired) electrons. The van der Waals surface area contributed by atoms with E-state index in [4.69, 9.17) is 4.74 Å². The molecule has 3 heteroatoms.